The number of carbonyl (C=O) groups excluding carboxylic acids is 4. The summed E-state index contributed by atoms with van der Waals surface area (Å²) in [6.07, 6.45) is 4.33. The van der Waals surface area contributed by atoms with E-state index in [-0.39, 0.29) is 18.2 Å². The Morgan fingerprint density at radius 1 is 0.774 bits per heavy atom. The molecule has 0 saturated heterocycles. The van der Waals surface area contributed by atoms with E-state index in [1.165, 1.54) is 0 Å². The van der Waals surface area contributed by atoms with E-state index in [9.17, 15) is 19.2 Å². The van der Waals surface area contributed by atoms with Gasteiger partial charge in [0.05, 0.1) is 26.4 Å². The minimum Gasteiger partial charge on any atom is -0.487 e. The van der Waals surface area contributed by atoms with Gasteiger partial charge in [0.2, 0.25) is 17.7 Å². The molecule has 4 amide bonds. The maximum atomic E-state index is 13.5. The zero-order valence-electron chi connectivity index (χ0n) is 31.7. The first-order valence-corrected chi connectivity index (χ1v) is 19.8. The predicted octanol–water partition coefficient (Wildman–Crippen LogP) is 4.37. The molecule has 0 radical (unpaired) electrons. The van der Waals surface area contributed by atoms with E-state index in [2.05, 4.69) is 16.0 Å². The van der Waals surface area contributed by atoms with Crippen LogP contribution in [0, 0.1) is 0 Å². The molecule has 2 aromatic carbocycles. The van der Waals surface area contributed by atoms with Gasteiger partial charge in [-0.3, -0.25) is 14.4 Å². The van der Waals surface area contributed by atoms with Crippen LogP contribution in [-0.2, 0) is 35.0 Å². The average Bonchev–Trinajstić information content (AvgIpc) is 3.13. The summed E-state index contributed by atoms with van der Waals surface area (Å²) in [6, 6.07) is 15.1. The molecule has 3 N–H and O–H groups in total. The molecule has 0 bridgehead atoms. The molecule has 2 atom stereocenters. The van der Waals surface area contributed by atoms with Crippen molar-refractivity contribution >= 4 is 35.6 Å². The second-order valence-corrected chi connectivity index (χ2v) is 14.6. The molecule has 0 spiro atoms. The van der Waals surface area contributed by atoms with Crippen LogP contribution in [0.25, 0.3) is 0 Å². The van der Waals surface area contributed by atoms with Crippen molar-refractivity contribution in [3.8, 4) is 11.5 Å². The normalized spacial score (nSPS) is 15.5. The minimum absolute atomic E-state index is 0.0235. The van der Waals surface area contributed by atoms with Gasteiger partial charge in [-0.1, -0.05) is 48.9 Å². The largest absolute Gasteiger partial charge is 0.487 e. The molecular weight excluding hydrogens is 701 g/mol. The van der Waals surface area contributed by atoms with Gasteiger partial charge in [0, 0.05) is 32.5 Å². The van der Waals surface area contributed by atoms with Gasteiger partial charge in [0.1, 0.15) is 30.9 Å². The Hall–Kier alpha value is -4.01. The topological polar surface area (TPSA) is 154 Å². The highest BCUT2D eigenvalue weighted by molar-refractivity contribution is 7.98. The molecule has 1 aliphatic heterocycles. The van der Waals surface area contributed by atoms with E-state index >= 15 is 0 Å². The van der Waals surface area contributed by atoms with Crippen molar-refractivity contribution < 1.29 is 42.9 Å². The van der Waals surface area contributed by atoms with Crippen molar-refractivity contribution in [2.45, 2.75) is 77.0 Å². The molecule has 0 fully saturated rings. The Bertz CT molecular complexity index is 1360. The maximum absolute atomic E-state index is 13.5. The van der Waals surface area contributed by atoms with Gasteiger partial charge in [-0.2, -0.15) is 11.8 Å². The number of rotatable bonds is 15. The van der Waals surface area contributed by atoms with Gasteiger partial charge in [-0.25, -0.2) is 4.79 Å². The van der Waals surface area contributed by atoms with Crippen LogP contribution in [-0.4, -0.2) is 118 Å². The number of benzene rings is 2. The van der Waals surface area contributed by atoms with Crippen molar-refractivity contribution in [1.29, 1.82) is 0 Å². The summed E-state index contributed by atoms with van der Waals surface area (Å²) in [7, 11) is 0. The van der Waals surface area contributed by atoms with Crippen LogP contribution in [0.2, 0.25) is 0 Å². The van der Waals surface area contributed by atoms with E-state index in [0.717, 1.165) is 12.0 Å². The number of fused-ring (bicyclic) bond motifs is 1. The van der Waals surface area contributed by atoms with Crippen molar-refractivity contribution in [2.24, 2.45) is 0 Å². The van der Waals surface area contributed by atoms with Crippen LogP contribution in [0.4, 0.5) is 4.79 Å². The summed E-state index contributed by atoms with van der Waals surface area (Å²) in [5.41, 5.74) is 0.120. The van der Waals surface area contributed by atoms with Gasteiger partial charge in [0.15, 0.2) is 11.5 Å². The lowest BCUT2D eigenvalue weighted by molar-refractivity contribution is -0.133. The highest BCUT2D eigenvalue weighted by Gasteiger charge is 2.28. The molecule has 1 heterocycles. The van der Waals surface area contributed by atoms with Gasteiger partial charge in [-0.15, -0.1) is 0 Å². The van der Waals surface area contributed by atoms with E-state index in [1.807, 2.05) is 60.9 Å². The number of para-hydroxylation sites is 2. The SMILES string of the molecule is CSCC[C@@H](NC(=O)[C@H](Cc1ccccc1)NC(=O)OC(C)(C)C)C(=O)NCCCCCC(=O)N1CCOCCOc2ccccc2OCCOCC1. The van der Waals surface area contributed by atoms with Crippen molar-refractivity contribution in [2.75, 3.05) is 71.3 Å². The van der Waals surface area contributed by atoms with Crippen LogP contribution >= 0.6 is 11.8 Å². The van der Waals surface area contributed by atoms with E-state index in [1.54, 1.807) is 37.4 Å². The highest BCUT2D eigenvalue weighted by Crippen LogP contribution is 2.26. The quantitative estimate of drug-likeness (QED) is 0.223. The standard InChI is InChI=1S/C39H58N4O9S/c1-39(2,3)52-38(47)42-32(29-30-13-7-5-8-14-30)37(46)41-31(18-28-53-4)36(45)40-19-12-6-9-17-35(44)43-20-22-48-24-26-50-33-15-10-11-16-34(33)51-27-25-49-23-21-43/h5,7-8,10-11,13-16,31-32H,6,9,12,17-29H2,1-4H3,(H,40,45)(H,41,46)(H,42,47)/t31-,32+/m1/s1. The molecule has 0 saturated carbocycles. The van der Waals surface area contributed by atoms with Crippen molar-refractivity contribution in [1.82, 2.24) is 20.9 Å². The van der Waals surface area contributed by atoms with Crippen LogP contribution in [0.1, 0.15) is 58.4 Å². The molecule has 294 valence electrons. The van der Waals surface area contributed by atoms with E-state index < -0.39 is 29.7 Å². The first kappa shape index (κ1) is 43.4. The van der Waals surface area contributed by atoms with Crippen molar-refractivity contribution in [3.63, 3.8) is 0 Å². The lowest BCUT2D eigenvalue weighted by Crippen LogP contribution is -2.55. The molecule has 53 heavy (non-hydrogen) atoms. The molecular formula is C39H58N4O9S. The number of thioether (sulfide) groups is 1. The molecule has 2 aromatic rings. The van der Waals surface area contributed by atoms with Crippen LogP contribution in [0.3, 0.4) is 0 Å². The Labute approximate surface area is 318 Å². The number of hydrogen-bond donors (Lipinski definition) is 3. The summed E-state index contributed by atoms with van der Waals surface area (Å²) in [6.45, 7) is 8.84. The van der Waals surface area contributed by atoms with Gasteiger partial charge in [0.25, 0.3) is 0 Å². The smallest absolute Gasteiger partial charge is 0.408 e. The van der Waals surface area contributed by atoms with Crippen molar-refractivity contribution in [3.05, 3.63) is 60.2 Å². The monoisotopic (exact) mass is 758 g/mol. The fourth-order valence-electron chi connectivity index (χ4n) is 5.38. The second kappa shape index (κ2) is 24.3. The first-order chi connectivity index (χ1) is 25.6. The number of unbranched alkanes of at least 4 members (excludes halogenated alkanes) is 2. The van der Waals surface area contributed by atoms with Gasteiger partial charge in [-0.05, 0) is 69.7 Å². The molecule has 0 aromatic heterocycles. The lowest BCUT2D eigenvalue weighted by Gasteiger charge is -2.25. The Morgan fingerprint density at radius 2 is 1.40 bits per heavy atom. The molecule has 3 rings (SSSR count). The number of amides is 4. The zero-order chi connectivity index (χ0) is 38.3. The number of nitrogens with one attached hydrogen (secondary N) is 3. The Morgan fingerprint density at radius 3 is 2.00 bits per heavy atom. The molecule has 0 aliphatic carbocycles. The number of ether oxygens (including phenoxy) is 5. The fourth-order valence-corrected chi connectivity index (χ4v) is 5.85. The number of alkyl carbamates (subject to hydrolysis) is 1. The lowest BCUT2D eigenvalue weighted by atomic mass is 10.0. The molecule has 1 aliphatic rings. The van der Waals surface area contributed by atoms with E-state index in [4.69, 9.17) is 23.7 Å². The summed E-state index contributed by atoms with van der Waals surface area (Å²) in [5.74, 6) is 1.23. The third-order valence-electron chi connectivity index (χ3n) is 8.08. The fraction of sp³-hybridized carbons (Fsp3) is 0.590. The van der Waals surface area contributed by atoms with Gasteiger partial charge < -0.3 is 44.5 Å². The molecule has 14 heteroatoms. The summed E-state index contributed by atoms with van der Waals surface area (Å²) in [4.78, 5) is 54.2. The zero-order valence-corrected chi connectivity index (χ0v) is 32.5. The van der Waals surface area contributed by atoms with Crippen LogP contribution in [0.5, 0.6) is 11.5 Å². The Kier molecular flexibility index (Phi) is 19.9. The Balaban J connectivity index is 1.43. The molecule has 0 unspecified atom stereocenters. The second-order valence-electron chi connectivity index (χ2n) is 13.6. The van der Waals surface area contributed by atoms with Gasteiger partial charge >= 0.3 is 6.09 Å². The third kappa shape index (κ3) is 18.0. The third-order valence-corrected chi connectivity index (χ3v) is 8.73. The number of nitrogens with zero attached hydrogens (tertiary/aromatic N) is 1. The van der Waals surface area contributed by atoms with Crippen LogP contribution in [0.15, 0.2) is 54.6 Å². The summed E-state index contributed by atoms with van der Waals surface area (Å²) < 4.78 is 28.5. The number of carbonyl (C=O) groups is 4. The van der Waals surface area contributed by atoms with Crippen LogP contribution < -0.4 is 25.4 Å². The first-order valence-electron chi connectivity index (χ1n) is 18.4. The summed E-state index contributed by atoms with van der Waals surface area (Å²) >= 11 is 1.57. The van der Waals surface area contributed by atoms with E-state index in [0.29, 0.717) is 102 Å². The minimum atomic E-state index is -0.941. The maximum Gasteiger partial charge on any atom is 0.408 e. The number of hydrogen-bond acceptors (Lipinski definition) is 10. The summed E-state index contributed by atoms with van der Waals surface area (Å²) in [5, 5.41) is 8.49. The average molecular weight is 759 g/mol. The highest BCUT2D eigenvalue weighted by atomic mass is 32.2. The predicted molar refractivity (Wildman–Crippen MR) is 205 cm³/mol. The molecule has 13 nitrogen and oxygen atoms in total.